The van der Waals surface area contributed by atoms with Gasteiger partial charge in [0.05, 0.1) is 4.90 Å². The Morgan fingerprint density at radius 2 is 1.86 bits per heavy atom. The molecule has 2 aromatic carbocycles. The summed E-state index contributed by atoms with van der Waals surface area (Å²) in [6.45, 7) is 3.53. The van der Waals surface area contributed by atoms with Gasteiger partial charge >= 0.3 is 0 Å². The SMILES string of the molecule is Cc1cc2cc(NS(=O)(=O)c3cccc(Cl)c3C)ccc2o1. The summed E-state index contributed by atoms with van der Waals surface area (Å²) in [5, 5.41) is 1.27. The van der Waals surface area contributed by atoms with E-state index in [1.54, 1.807) is 37.3 Å². The fourth-order valence-corrected chi connectivity index (χ4v) is 3.88. The van der Waals surface area contributed by atoms with E-state index in [4.69, 9.17) is 16.0 Å². The van der Waals surface area contributed by atoms with E-state index in [1.165, 1.54) is 6.07 Å². The number of halogens is 1. The standard InChI is InChI=1S/C16H14ClNO3S/c1-10-8-12-9-13(6-7-15(12)21-10)18-22(19,20)16-5-3-4-14(17)11(16)2/h3-9,18H,1-2H3. The lowest BCUT2D eigenvalue weighted by atomic mass is 10.2. The smallest absolute Gasteiger partial charge is 0.262 e. The Kier molecular flexibility index (Phi) is 3.62. The van der Waals surface area contributed by atoms with Crippen LogP contribution in [0.1, 0.15) is 11.3 Å². The van der Waals surface area contributed by atoms with Gasteiger partial charge in [-0.05, 0) is 55.8 Å². The van der Waals surface area contributed by atoms with Crippen LogP contribution in [0.15, 0.2) is 51.8 Å². The average Bonchev–Trinajstić information content (AvgIpc) is 2.80. The Balaban J connectivity index is 2.00. The molecule has 6 heteroatoms. The van der Waals surface area contributed by atoms with Crippen molar-refractivity contribution >= 4 is 38.3 Å². The van der Waals surface area contributed by atoms with Gasteiger partial charge in [-0.25, -0.2) is 8.42 Å². The summed E-state index contributed by atoms with van der Waals surface area (Å²) in [5.41, 5.74) is 1.73. The van der Waals surface area contributed by atoms with Crippen molar-refractivity contribution in [1.82, 2.24) is 0 Å². The second-order valence-electron chi connectivity index (χ2n) is 5.08. The van der Waals surface area contributed by atoms with Gasteiger partial charge in [-0.15, -0.1) is 0 Å². The number of fused-ring (bicyclic) bond motifs is 1. The highest BCUT2D eigenvalue weighted by Crippen LogP contribution is 2.27. The monoisotopic (exact) mass is 335 g/mol. The molecule has 0 fully saturated rings. The molecular weight excluding hydrogens is 322 g/mol. The van der Waals surface area contributed by atoms with Crippen molar-refractivity contribution in [1.29, 1.82) is 0 Å². The molecule has 0 aliphatic heterocycles. The molecule has 1 heterocycles. The number of rotatable bonds is 3. The third-order valence-electron chi connectivity index (χ3n) is 3.40. The van der Waals surface area contributed by atoms with Crippen LogP contribution in [0.25, 0.3) is 11.0 Å². The Morgan fingerprint density at radius 1 is 1.09 bits per heavy atom. The van der Waals surface area contributed by atoms with Crippen molar-refractivity contribution in [3.8, 4) is 0 Å². The number of hydrogen-bond donors (Lipinski definition) is 1. The predicted octanol–water partition coefficient (Wildman–Crippen LogP) is 4.50. The minimum atomic E-state index is -3.69. The molecule has 0 aliphatic rings. The van der Waals surface area contributed by atoms with E-state index in [0.29, 0.717) is 16.3 Å². The number of aryl methyl sites for hydroxylation is 1. The molecule has 0 bridgehead atoms. The van der Waals surface area contributed by atoms with Gasteiger partial charge in [0.1, 0.15) is 11.3 Å². The van der Waals surface area contributed by atoms with Crippen molar-refractivity contribution < 1.29 is 12.8 Å². The molecule has 0 aliphatic carbocycles. The van der Waals surface area contributed by atoms with E-state index >= 15 is 0 Å². The number of anilines is 1. The van der Waals surface area contributed by atoms with Crippen LogP contribution < -0.4 is 4.72 Å². The largest absolute Gasteiger partial charge is 0.461 e. The Bertz CT molecular complexity index is 961. The Labute approximate surface area is 133 Å². The summed E-state index contributed by atoms with van der Waals surface area (Å²) >= 11 is 6.00. The second kappa shape index (κ2) is 5.34. The van der Waals surface area contributed by atoms with E-state index in [1.807, 2.05) is 13.0 Å². The predicted molar refractivity (Wildman–Crippen MR) is 87.9 cm³/mol. The van der Waals surface area contributed by atoms with Crippen LogP contribution in [0.3, 0.4) is 0 Å². The Morgan fingerprint density at radius 3 is 2.64 bits per heavy atom. The van der Waals surface area contributed by atoms with Crippen molar-refractivity contribution in [3.05, 3.63) is 58.8 Å². The normalized spacial score (nSPS) is 11.8. The van der Waals surface area contributed by atoms with Crippen LogP contribution in [0.5, 0.6) is 0 Å². The summed E-state index contributed by atoms with van der Waals surface area (Å²) in [4.78, 5) is 0.170. The van der Waals surface area contributed by atoms with Crippen molar-refractivity contribution in [2.24, 2.45) is 0 Å². The maximum absolute atomic E-state index is 12.5. The van der Waals surface area contributed by atoms with Crippen molar-refractivity contribution in [3.63, 3.8) is 0 Å². The number of hydrogen-bond acceptors (Lipinski definition) is 3. The van der Waals surface area contributed by atoms with Gasteiger partial charge in [-0.2, -0.15) is 0 Å². The van der Waals surface area contributed by atoms with E-state index in [9.17, 15) is 8.42 Å². The van der Waals surface area contributed by atoms with Gasteiger partial charge in [-0.3, -0.25) is 4.72 Å². The maximum atomic E-state index is 12.5. The van der Waals surface area contributed by atoms with Crippen LogP contribution in [0.4, 0.5) is 5.69 Å². The highest BCUT2D eigenvalue weighted by atomic mass is 35.5. The van der Waals surface area contributed by atoms with Crippen molar-refractivity contribution in [2.75, 3.05) is 4.72 Å². The van der Waals surface area contributed by atoms with Crippen LogP contribution in [-0.4, -0.2) is 8.42 Å². The summed E-state index contributed by atoms with van der Waals surface area (Å²) in [7, 11) is -3.69. The lowest BCUT2D eigenvalue weighted by molar-refractivity contribution is 0.578. The molecule has 1 aromatic heterocycles. The third kappa shape index (κ3) is 2.69. The molecule has 0 amide bonds. The molecule has 3 aromatic rings. The van der Waals surface area contributed by atoms with Crippen molar-refractivity contribution in [2.45, 2.75) is 18.7 Å². The second-order valence-corrected chi connectivity index (χ2v) is 7.14. The fraction of sp³-hybridized carbons (Fsp3) is 0.125. The first-order valence-electron chi connectivity index (χ1n) is 6.65. The summed E-state index contributed by atoms with van der Waals surface area (Å²) in [6.07, 6.45) is 0. The zero-order chi connectivity index (χ0) is 15.9. The number of sulfonamides is 1. The van der Waals surface area contributed by atoms with Gasteiger partial charge in [0, 0.05) is 16.1 Å². The molecule has 0 unspecified atom stereocenters. The molecule has 0 spiro atoms. The molecule has 3 rings (SSSR count). The highest BCUT2D eigenvalue weighted by Gasteiger charge is 2.18. The average molecular weight is 336 g/mol. The van der Waals surface area contributed by atoms with E-state index < -0.39 is 10.0 Å². The van der Waals surface area contributed by atoms with Gasteiger partial charge in [-0.1, -0.05) is 17.7 Å². The van der Waals surface area contributed by atoms with Crippen LogP contribution >= 0.6 is 11.6 Å². The Hall–Kier alpha value is -1.98. The summed E-state index contributed by atoms with van der Waals surface area (Å²) in [6, 6.07) is 11.8. The van der Waals surface area contributed by atoms with Gasteiger partial charge in [0.25, 0.3) is 10.0 Å². The van der Waals surface area contributed by atoms with Gasteiger partial charge < -0.3 is 4.42 Å². The minimum absolute atomic E-state index is 0.170. The van der Waals surface area contributed by atoms with E-state index in [-0.39, 0.29) is 4.90 Å². The molecule has 0 radical (unpaired) electrons. The zero-order valence-corrected chi connectivity index (χ0v) is 13.6. The van der Waals surface area contributed by atoms with E-state index in [2.05, 4.69) is 4.72 Å². The van der Waals surface area contributed by atoms with Gasteiger partial charge in [0.2, 0.25) is 0 Å². The lowest BCUT2D eigenvalue weighted by Gasteiger charge is -2.11. The molecule has 22 heavy (non-hydrogen) atoms. The fourth-order valence-electron chi connectivity index (χ4n) is 2.33. The first-order valence-corrected chi connectivity index (χ1v) is 8.51. The number of nitrogens with one attached hydrogen (secondary N) is 1. The summed E-state index contributed by atoms with van der Waals surface area (Å²) in [5.74, 6) is 0.778. The number of furan rings is 1. The molecule has 4 nitrogen and oxygen atoms in total. The molecular formula is C16H14ClNO3S. The third-order valence-corrected chi connectivity index (χ3v) is 5.33. The molecule has 0 saturated carbocycles. The van der Waals surface area contributed by atoms with E-state index in [0.717, 1.165) is 16.7 Å². The maximum Gasteiger partial charge on any atom is 0.262 e. The van der Waals surface area contributed by atoms with Crippen LogP contribution in [-0.2, 0) is 10.0 Å². The molecule has 1 N–H and O–H groups in total. The lowest BCUT2D eigenvalue weighted by Crippen LogP contribution is -2.14. The van der Waals surface area contributed by atoms with Crippen LogP contribution in [0.2, 0.25) is 5.02 Å². The summed E-state index contributed by atoms with van der Waals surface area (Å²) < 4.78 is 33.1. The highest BCUT2D eigenvalue weighted by molar-refractivity contribution is 7.92. The van der Waals surface area contributed by atoms with Gasteiger partial charge in [0.15, 0.2) is 0 Å². The van der Waals surface area contributed by atoms with Crippen LogP contribution in [0, 0.1) is 13.8 Å². The number of benzene rings is 2. The molecule has 0 saturated heterocycles. The first kappa shape index (κ1) is 14.9. The zero-order valence-electron chi connectivity index (χ0n) is 12.1. The minimum Gasteiger partial charge on any atom is -0.461 e. The quantitative estimate of drug-likeness (QED) is 0.766. The first-order chi connectivity index (χ1) is 10.4. The topological polar surface area (TPSA) is 59.3 Å². The molecule has 114 valence electrons. The molecule has 0 atom stereocenters.